The minimum Gasteiger partial charge on any atom is -0.462 e. The molecule has 3 unspecified atom stereocenters. The minimum absolute atomic E-state index is 0.0672. The number of nitrogens with one attached hydrogen (secondary N) is 1. The molecule has 0 aromatic heterocycles. The SMILES string of the molecule is CC/C=C/C/C=C/C/C=C/C/C=C/CCCCCC(=O)OC(CCCCCCCCCCCCCCC)CC(=O)NC(CO)C(O)CCCCCCCCCCCCCCC. The summed E-state index contributed by atoms with van der Waals surface area (Å²) in [5, 5.41) is 23.8. The van der Waals surface area contributed by atoms with E-state index in [1.54, 1.807) is 0 Å². The molecule has 6 heteroatoms. The van der Waals surface area contributed by atoms with Gasteiger partial charge in [0.2, 0.25) is 5.91 Å². The number of esters is 1. The lowest BCUT2D eigenvalue weighted by molar-refractivity contribution is -0.151. The Kier molecular flexibility index (Phi) is 47.1. The van der Waals surface area contributed by atoms with E-state index >= 15 is 0 Å². The molecule has 0 heterocycles. The van der Waals surface area contributed by atoms with E-state index in [0.717, 1.165) is 83.5 Å². The molecule has 0 radical (unpaired) electrons. The number of hydrogen-bond acceptors (Lipinski definition) is 5. The summed E-state index contributed by atoms with van der Waals surface area (Å²) in [6.45, 7) is 6.37. The summed E-state index contributed by atoms with van der Waals surface area (Å²) in [5.41, 5.74) is 0. The number of aliphatic hydroxyl groups excluding tert-OH is 2. The molecule has 6 nitrogen and oxygen atoms in total. The van der Waals surface area contributed by atoms with Gasteiger partial charge >= 0.3 is 5.97 Å². The van der Waals surface area contributed by atoms with E-state index in [-0.39, 0.29) is 24.9 Å². The highest BCUT2D eigenvalue weighted by atomic mass is 16.5. The zero-order valence-electron chi connectivity index (χ0n) is 40.5. The van der Waals surface area contributed by atoms with Crippen LogP contribution in [0.2, 0.25) is 0 Å². The molecule has 0 aliphatic rings. The summed E-state index contributed by atoms with van der Waals surface area (Å²) in [4.78, 5) is 26.2. The predicted octanol–water partition coefficient (Wildman–Crippen LogP) is 15.8. The largest absolute Gasteiger partial charge is 0.462 e. The van der Waals surface area contributed by atoms with E-state index in [1.807, 2.05) is 0 Å². The third-order valence-corrected chi connectivity index (χ3v) is 11.9. The van der Waals surface area contributed by atoms with Crippen LogP contribution in [0.5, 0.6) is 0 Å². The quantitative estimate of drug-likeness (QED) is 0.0322. The second-order valence-corrected chi connectivity index (χ2v) is 17.9. The fourth-order valence-corrected chi connectivity index (χ4v) is 7.95. The van der Waals surface area contributed by atoms with Crippen molar-refractivity contribution in [1.82, 2.24) is 5.32 Å². The Morgan fingerprint density at radius 1 is 0.492 bits per heavy atom. The molecule has 61 heavy (non-hydrogen) atoms. The van der Waals surface area contributed by atoms with Crippen molar-refractivity contribution in [3.63, 3.8) is 0 Å². The first-order valence-corrected chi connectivity index (χ1v) is 26.4. The molecule has 3 atom stereocenters. The normalized spacial score (nSPS) is 13.6. The average Bonchev–Trinajstić information content (AvgIpc) is 3.25. The number of carbonyl (C=O) groups excluding carboxylic acids is 2. The Balaban J connectivity index is 4.60. The Bertz CT molecular complexity index is 1050. The highest BCUT2D eigenvalue weighted by Gasteiger charge is 2.24. The maximum Gasteiger partial charge on any atom is 0.306 e. The van der Waals surface area contributed by atoms with Crippen LogP contribution in [0, 0.1) is 0 Å². The number of carbonyl (C=O) groups is 2. The number of allylic oxidation sites excluding steroid dienone is 8. The Hall–Kier alpha value is -2.18. The van der Waals surface area contributed by atoms with Gasteiger partial charge in [-0.2, -0.15) is 0 Å². The van der Waals surface area contributed by atoms with Gasteiger partial charge in [0.15, 0.2) is 0 Å². The number of ether oxygens (including phenoxy) is 1. The van der Waals surface area contributed by atoms with Gasteiger partial charge in [-0.05, 0) is 64.2 Å². The molecule has 0 saturated carbocycles. The molecular weight excluding hydrogens is 755 g/mol. The molecule has 0 saturated heterocycles. The van der Waals surface area contributed by atoms with E-state index in [2.05, 4.69) is 74.7 Å². The van der Waals surface area contributed by atoms with Crippen LogP contribution in [0.25, 0.3) is 0 Å². The van der Waals surface area contributed by atoms with Gasteiger partial charge in [-0.3, -0.25) is 9.59 Å². The maximum absolute atomic E-state index is 13.2. The third kappa shape index (κ3) is 44.2. The van der Waals surface area contributed by atoms with Gasteiger partial charge in [-0.25, -0.2) is 0 Å². The van der Waals surface area contributed by atoms with Gasteiger partial charge in [0.25, 0.3) is 0 Å². The molecule has 1 amide bonds. The summed E-state index contributed by atoms with van der Waals surface area (Å²) in [7, 11) is 0. The molecule has 356 valence electrons. The summed E-state index contributed by atoms with van der Waals surface area (Å²) >= 11 is 0. The zero-order valence-corrected chi connectivity index (χ0v) is 40.5. The minimum atomic E-state index is -0.791. The molecule has 0 spiro atoms. The van der Waals surface area contributed by atoms with Crippen LogP contribution in [-0.4, -0.2) is 46.9 Å². The van der Waals surface area contributed by atoms with Gasteiger partial charge in [-0.1, -0.05) is 236 Å². The van der Waals surface area contributed by atoms with E-state index in [9.17, 15) is 19.8 Å². The third-order valence-electron chi connectivity index (χ3n) is 11.9. The van der Waals surface area contributed by atoms with Crippen LogP contribution >= 0.6 is 0 Å². The standard InChI is InChI=1S/C55H101NO5/c1-4-7-10-13-16-19-22-25-26-27-30-33-36-39-42-45-48-55(60)61-51(46-43-40-37-34-31-28-23-20-17-14-11-8-5-2)49-54(59)56-52(50-57)53(58)47-44-41-38-35-32-29-24-21-18-15-12-9-6-3/h7,10,16,19,25-26,30,33,51-53,57-58H,4-6,8-9,11-15,17-18,20-24,27-29,31-32,34-50H2,1-3H3,(H,56,59)/b10-7+,19-16+,26-25+,33-30+. The molecule has 0 aromatic rings. The molecule has 0 aromatic carbocycles. The summed E-state index contributed by atoms with van der Waals surface area (Å²) in [6, 6.07) is -0.706. The first kappa shape index (κ1) is 58.8. The number of rotatable bonds is 47. The second kappa shape index (κ2) is 48.8. The monoisotopic (exact) mass is 856 g/mol. The van der Waals surface area contributed by atoms with E-state index in [0.29, 0.717) is 19.3 Å². The summed E-state index contributed by atoms with van der Waals surface area (Å²) < 4.78 is 5.93. The Morgan fingerprint density at radius 2 is 0.885 bits per heavy atom. The lowest BCUT2D eigenvalue weighted by Crippen LogP contribution is -2.46. The maximum atomic E-state index is 13.2. The van der Waals surface area contributed by atoms with Gasteiger partial charge in [-0.15, -0.1) is 0 Å². The number of aliphatic hydroxyl groups is 2. The van der Waals surface area contributed by atoms with Crippen LogP contribution < -0.4 is 5.32 Å². The lowest BCUT2D eigenvalue weighted by Gasteiger charge is -2.24. The van der Waals surface area contributed by atoms with E-state index in [4.69, 9.17) is 4.74 Å². The highest BCUT2D eigenvalue weighted by molar-refractivity contribution is 5.77. The number of hydrogen-bond donors (Lipinski definition) is 3. The molecule has 0 bridgehead atoms. The van der Waals surface area contributed by atoms with Crippen molar-refractivity contribution in [2.45, 2.75) is 283 Å². The first-order valence-electron chi connectivity index (χ1n) is 26.4. The van der Waals surface area contributed by atoms with Crippen molar-refractivity contribution in [2.75, 3.05) is 6.61 Å². The summed E-state index contributed by atoms with van der Waals surface area (Å²) in [5.74, 6) is -0.501. The highest BCUT2D eigenvalue weighted by Crippen LogP contribution is 2.18. The Morgan fingerprint density at radius 3 is 1.33 bits per heavy atom. The van der Waals surface area contributed by atoms with Crippen LogP contribution in [0.4, 0.5) is 0 Å². The van der Waals surface area contributed by atoms with Gasteiger partial charge < -0.3 is 20.3 Å². The van der Waals surface area contributed by atoms with Crippen LogP contribution in [-0.2, 0) is 14.3 Å². The Labute approximate surface area is 378 Å². The lowest BCUT2D eigenvalue weighted by atomic mass is 10.0. The molecule has 0 aliphatic carbocycles. The number of amides is 1. The molecule has 0 fully saturated rings. The zero-order chi connectivity index (χ0) is 44.5. The van der Waals surface area contributed by atoms with E-state index < -0.39 is 18.2 Å². The van der Waals surface area contributed by atoms with Crippen molar-refractivity contribution in [1.29, 1.82) is 0 Å². The molecular formula is C55H101NO5. The van der Waals surface area contributed by atoms with Crippen molar-refractivity contribution >= 4 is 11.9 Å². The van der Waals surface area contributed by atoms with Crippen LogP contribution in [0.15, 0.2) is 48.6 Å². The van der Waals surface area contributed by atoms with Crippen molar-refractivity contribution in [2.24, 2.45) is 0 Å². The molecule has 3 N–H and O–H groups in total. The molecule has 0 rings (SSSR count). The first-order chi connectivity index (χ1) is 30.0. The fraction of sp³-hybridized carbons (Fsp3) is 0.818. The van der Waals surface area contributed by atoms with Gasteiger partial charge in [0.1, 0.15) is 6.10 Å². The predicted molar refractivity (Wildman–Crippen MR) is 264 cm³/mol. The smallest absolute Gasteiger partial charge is 0.306 e. The van der Waals surface area contributed by atoms with Crippen molar-refractivity contribution in [3.8, 4) is 0 Å². The number of unbranched alkanes of at least 4 members (excludes halogenated alkanes) is 27. The topological polar surface area (TPSA) is 95.9 Å². The molecule has 0 aliphatic heterocycles. The van der Waals surface area contributed by atoms with Crippen molar-refractivity contribution < 1.29 is 24.5 Å². The van der Waals surface area contributed by atoms with Crippen LogP contribution in [0.3, 0.4) is 0 Å². The average molecular weight is 856 g/mol. The fourth-order valence-electron chi connectivity index (χ4n) is 7.95. The van der Waals surface area contributed by atoms with E-state index in [1.165, 1.54) is 135 Å². The summed E-state index contributed by atoms with van der Waals surface area (Å²) in [6.07, 6.45) is 58.8. The van der Waals surface area contributed by atoms with Crippen molar-refractivity contribution in [3.05, 3.63) is 48.6 Å². The van der Waals surface area contributed by atoms with Gasteiger partial charge in [0, 0.05) is 6.42 Å². The van der Waals surface area contributed by atoms with Crippen LogP contribution in [0.1, 0.15) is 265 Å². The second-order valence-electron chi connectivity index (χ2n) is 17.9. The van der Waals surface area contributed by atoms with Gasteiger partial charge in [0.05, 0.1) is 25.2 Å².